The fourth-order valence-electron chi connectivity index (χ4n) is 1.51. The van der Waals surface area contributed by atoms with Crippen LogP contribution in [-0.2, 0) is 0 Å². The Morgan fingerprint density at radius 2 is 1.19 bits per heavy atom. The van der Waals surface area contributed by atoms with E-state index in [0.717, 1.165) is 0 Å². The third-order valence-corrected chi connectivity index (χ3v) is 2.24. The third-order valence-electron chi connectivity index (χ3n) is 2.24. The average molecular weight is 218 g/mol. The van der Waals surface area contributed by atoms with Crippen LogP contribution in [0.3, 0.4) is 0 Å². The molecule has 0 atom stereocenters. The number of hydrogen-bond donors (Lipinski definition) is 0. The molecular weight excluding hydrogens is 212 g/mol. The zero-order valence-corrected chi connectivity index (χ0v) is 7.99. The first-order chi connectivity index (χ1) is 7.59. The van der Waals surface area contributed by atoms with E-state index in [1.165, 1.54) is 12.1 Å². The van der Waals surface area contributed by atoms with Crippen molar-refractivity contribution in [2.45, 2.75) is 0 Å². The Bertz CT molecular complexity index is 542. The predicted molar refractivity (Wildman–Crippen MR) is 57.3 cm³/mol. The molecule has 0 heterocycles. The maximum atomic E-state index is 10.7. The fraction of sp³-hybridized carbons (Fsp3) is 0. The molecule has 2 aromatic rings. The van der Waals surface area contributed by atoms with Gasteiger partial charge in [0.05, 0.1) is 9.85 Å². The quantitative estimate of drug-likeness (QED) is 0.572. The van der Waals surface area contributed by atoms with E-state index in [-0.39, 0.29) is 0 Å². The van der Waals surface area contributed by atoms with Gasteiger partial charge in [-0.15, -0.1) is 0 Å². The molecule has 0 aliphatic rings. The van der Waals surface area contributed by atoms with Crippen LogP contribution < -0.4 is 0 Å². The minimum Gasteiger partial charge on any atom is -0.258 e. The van der Waals surface area contributed by atoms with Crippen molar-refractivity contribution in [2.75, 3.05) is 0 Å². The molecule has 0 unspecified atom stereocenters. The van der Waals surface area contributed by atoms with Crippen molar-refractivity contribution in [3.8, 4) is 0 Å². The average Bonchev–Trinajstić information content (AvgIpc) is 2.27. The molecule has 0 spiro atoms. The Balaban J connectivity index is 2.81. The van der Waals surface area contributed by atoms with E-state index < -0.39 is 21.2 Å². The first-order valence-electron chi connectivity index (χ1n) is 4.41. The molecule has 0 saturated carbocycles. The van der Waals surface area contributed by atoms with Gasteiger partial charge in [0.1, 0.15) is 0 Å². The number of rotatable bonds is 2. The monoisotopic (exact) mass is 218 g/mol. The van der Waals surface area contributed by atoms with Crippen LogP contribution in [0.15, 0.2) is 36.4 Å². The Kier molecular flexibility index (Phi) is 2.24. The van der Waals surface area contributed by atoms with Gasteiger partial charge in [0.25, 0.3) is 0 Å². The van der Waals surface area contributed by atoms with Crippen molar-refractivity contribution >= 4 is 22.1 Å². The van der Waals surface area contributed by atoms with Gasteiger partial charge < -0.3 is 0 Å². The van der Waals surface area contributed by atoms with Crippen LogP contribution in [0.25, 0.3) is 10.8 Å². The molecule has 0 aliphatic heterocycles. The molecule has 0 fully saturated rings. The molecule has 0 bridgehead atoms. The zero-order valence-electron chi connectivity index (χ0n) is 7.99. The highest BCUT2D eigenvalue weighted by Crippen LogP contribution is 2.31. The van der Waals surface area contributed by atoms with Crippen LogP contribution >= 0.6 is 0 Å². The Morgan fingerprint density at radius 3 is 1.50 bits per heavy atom. The lowest BCUT2D eigenvalue weighted by molar-refractivity contribution is -0.422. The molecule has 2 aromatic carbocycles. The molecule has 16 heavy (non-hydrogen) atoms. The summed E-state index contributed by atoms with van der Waals surface area (Å²) in [6, 6.07) is 9.22. The number of benzene rings is 2. The summed E-state index contributed by atoms with van der Waals surface area (Å²) in [6.07, 6.45) is 0. The lowest BCUT2D eigenvalue weighted by Crippen LogP contribution is -1.96. The summed E-state index contributed by atoms with van der Waals surface area (Å²) in [4.78, 5) is 19.9. The second-order valence-electron chi connectivity index (χ2n) is 3.20. The first kappa shape index (κ1) is 10.0. The van der Waals surface area contributed by atoms with Gasteiger partial charge in [-0.1, -0.05) is 24.3 Å². The SMILES string of the molecule is O=[N+]([O-])c1cc2ccccc2cc1[N+](=O)[O-]. The smallest absolute Gasteiger partial charge is 0.258 e. The first-order valence-corrected chi connectivity index (χ1v) is 4.41. The lowest BCUT2D eigenvalue weighted by Gasteiger charge is -1.98. The van der Waals surface area contributed by atoms with Crippen molar-refractivity contribution in [3.63, 3.8) is 0 Å². The molecule has 2 rings (SSSR count). The molecule has 0 saturated heterocycles. The van der Waals surface area contributed by atoms with Gasteiger partial charge >= 0.3 is 11.4 Å². The summed E-state index contributed by atoms with van der Waals surface area (Å²) < 4.78 is 0. The van der Waals surface area contributed by atoms with Crippen molar-refractivity contribution in [1.82, 2.24) is 0 Å². The van der Waals surface area contributed by atoms with Crippen molar-refractivity contribution in [3.05, 3.63) is 56.6 Å². The summed E-state index contributed by atoms with van der Waals surface area (Å²) >= 11 is 0. The van der Waals surface area contributed by atoms with E-state index in [4.69, 9.17) is 0 Å². The summed E-state index contributed by atoms with van der Waals surface area (Å²) in [6.45, 7) is 0. The molecule has 0 N–H and O–H groups in total. The molecule has 0 radical (unpaired) electrons. The number of fused-ring (bicyclic) bond motifs is 1. The zero-order chi connectivity index (χ0) is 11.7. The minimum absolute atomic E-state index is 0.483. The van der Waals surface area contributed by atoms with Crippen LogP contribution in [-0.4, -0.2) is 9.85 Å². The summed E-state index contributed by atoms with van der Waals surface area (Å²) in [7, 11) is 0. The standard InChI is InChI=1S/C10H6N2O4/c13-11(14)9-5-7-3-1-2-4-8(7)6-10(9)12(15)16/h1-6H. The highest BCUT2D eigenvalue weighted by molar-refractivity contribution is 5.88. The molecule has 80 valence electrons. The van der Waals surface area contributed by atoms with Crippen LogP contribution in [0.2, 0.25) is 0 Å². The highest BCUT2D eigenvalue weighted by Gasteiger charge is 2.24. The highest BCUT2D eigenvalue weighted by atomic mass is 16.6. The van der Waals surface area contributed by atoms with E-state index in [0.29, 0.717) is 10.8 Å². The van der Waals surface area contributed by atoms with E-state index in [1.54, 1.807) is 24.3 Å². The topological polar surface area (TPSA) is 86.3 Å². The molecule has 0 aromatic heterocycles. The predicted octanol–water partition coefficient (Wildman–Crippen LogP) is 2.66. The number of nitrogens with zero attached hydrogens (tertiary/aromatic N) is 2. The number of nitro groups is 2. The Morgan fingerprint density at radius 1 is 0.812 bits per heavy atom. The Hall–Kier alpha value is -2.50. The van der Waals surface area contributed by atoms with Crippen LogP contribution in [0.1, 0.15) is 0 Å². The largest absolute Gasteiger partial charge is 0.346 e. The maximum absolute atomic E-state index is 10.7. The molecule has 0 amide bonds. The summed E-state index contributed by atoms with van der Waals surface area (Å²) in [5.41, 5.74) is -0.965. The van der Waals surface area contributed by atoms with Gasteiger partial charge in [0.2, 0.25) is 0 Å². The maximum Gasteiger partial charge on any atom is 0.346 e. The van der Waals surface area contributed by atoms with Crippen LogP contribution in [0, 0.1) is 20.2 Å². The molecule has 0 aliphatic carbocycles. The minimum atomic E-state index is -0.745. The second-order valence-corrected chi connectivity index (χ2v) is 3.20. The number of nitro benzene ring substituents is 2. The van der Waals surface area contributed by atoms with Gasteiger partial charge in [-0.3, -0.25) is 20.2 Å². The van der Waals surface area contributed by atoms with Gasteiger partial charge in [-0.05, 0) is 10.8 Å². The molecular formula is C10H6N2O4. The number of hydrogen-bond acceptors (Lipinski definition) is 4. The summed E-state index contributed by atoms with van der Waals surface area (Å²) in [5, 5.41) is 22.6. The fourth-order valence-corrected chi connectivity index (χ4v) is 1.51. The van der Waals surface area contributed by atoms with Gasteiger partial charge in [-0.25, -0.2) is 0 Å². The Labute approximate surface area is 89.4 Å². The van der Waals surface area contributed by atoms with Gasteiger partial charge in [0, 0.05) is 12.1 Å². The van der Waals surface area contributed by atoms with Crippen LogP contribution in [0.5, 0.6) is 0 Å². The summed E-state index contributed by atoms with van der Waals surface area (Å²) in [5.74, 6) is 0. The lowest BCUT2D eigenvalue weighted by atomic mass is 10.1. The van der Waals surface area contributed by atoms with Gasteiger partial charge in [0.15, 0.2) is 0 Å². The van der Waals surface area contributed by atoms with Crippen molar-refractivity contribution in [1.29, 1.82) is 0 Å². The molecule has 6 heteroatoms. The van der Waals surface area contributed by atoms with E-state index in [9.17, 15) is 20.2 Å². The van der Waals surface area contributed by atoms with Crippen molar-refractivity contribution in [2.24, 2.45) is 0 Å². The van der Waals surface area contributed by atoms with Crippen LogP contribution in [0.4, 0.5) is 11.4 Å². The van der Waals surface area contributed by atoms with E-state index in [1.807, 2.05) is 0 Å². The second kappa shape index (κ2) is 3.58. The third kappa shape index (κ3) is 1.56. The van der Waals surface area contributed by atoms with E-state index in [2.05, 4.69) is 0 Å². The van der Waals surface area contributed by atoms with Gasteiger partial charge in [-0.2, -0.15) is 0 Å². The van der Waals surface area contributed by atoms with E-state index >= 15 is 0 Å². The molecule has 6 nitrogen and oxygen atoms in total. The normalized spacial score (nSPS) is 10.2. The van der Waals surface area contributed by atoms with Crippen molar-refractivity contribution < 1.29 is 9.85 Å².